The third-order valence-corrected chi connectivity index (χ3v) is 4.50. The van der Waals surface area contributed by atoms with Gasteiger partial charge in [-0.15, -0.1) is 11.3 Å². The van der Waals surface area contributed by atoms with Crippen molar-refractivity contribution in [1.29, 1.82) is 0 Å². The molecule has 1 aliphatic rings. The number of hydrogen-bond acceptors (Lipinski definition) is 5. The number of carbonyl (C=O) groups is 1. The van der Waals surface area contributed by atoms with Crippen molar-refractivity contribution in [1.82, 2.24) is 9.88 Å². The van der Waals surface area contributed by atoms with Crippen LogP contribution in [0.1, 0.15) is 28.9 Å². The highest BCUT2D eigenvalue weighted by molar-refractivity contribution is 7.12. The third-order valence-electron chi connectivity index (χ3n) is 3.38. The van der Waals surface area contributed by atoms with Crippen molar-refractivity contribution in [3.63, 3.8) is 0 Å². The summed E-state index contributed by atoms with van der Waals surface area (Å²) in [5, 5.41) is 9.85. The average Bonchev–Trinajstić information content (AvgIpc) is 2.87. The molecule has 0 unspecified atom stereocenters. The van der Waals surface area contributed by atoms with Crippen LogP contribution in [0.5, 0.6) is 0 Å². The predicted molar refractivity (Wildman–Crippen MR) is 83.7 cm³/mol. The summed E-state index contributed by atoms with van der Waals surface area (Å²) < 4.78 is 5.34. The number of thiazole rings is 1. The van der Waals surface area contributed by atoms with Gasteiger partial charge in [0.2, 0.25) is 0 Å². The summed E-state index contributed by atoms with van der Waals surface area (Å²) in [7, 11) is 0. The Bertz CT molecular complexity index is 493. The molecule has 1 aromatic rings. The van der Waals surface area contributed by atoms with Gasteiger partial charge in [-0.1, -0.05) is 13.3 Å². The minimum atomic E-state index is -0.916. The maximum atomic E-state index is 10.7. The summed E-state index contributed by atoms with van der Waals surface area (Å²) in [5.74, 6) is -0.916. The molecule has 1 N–H and O–H groups in total. The lowest BCUT2D eigenvalue weighted by Gasteiger charge is -2.25. The topological polar surface area (TPSA) is 62.7 Å². The number of morpholine rings is 1. The van der Waals surface area contributed by atoms with E-state index in [1.54, 1.807) is 17.4 Å². The van der Waals surface area contributed by atoms with Crippen LogP contribution in [0.25, 0.3) is 6.08 Å². The lowest BCUT2D eigenvalue weighted by atomic mass is 10.2. The summed E-state index contributed by atoms with van der Waals surface area (Å²) in [4.78, 5) is 18.7. The Labute approximate surface area is 129 Å². The van der Waals surface area contributed by atoms with Crippen LogP contribution in [-0.4, -0.2) is 53.8 Å². The number of rotatable bonds is 7. The van der Waals surface area contributed by atoms with Crippen LogP contribution in [0.3, 0.4) is 0 Å². The number of hydrogen-bond donors (Lipinski definition) is 1. The van der Waals surface area contributed by atoms with E-state index in [2.05, 4.69) is 16.8 Å². The van der Waals surface area contributed by atoms with Gasteiger partial charge in [-0.05, 0) is 12.5 Å². The fourth-order valence-corrected chi connectivity index (χ4v) is 3.30. The van der Waals surface area contributed by atoms with Crippen molar-refractivity contribution in [3.05, 3.63) is 21.7 Å². The number of ether oxygens (including phenoxy) is 1. The molecule has 2 rings (SSSR count). The van der Waals surface area contributed by atoms with Crippen molar-refractivity contribution in [2.24, 2.45) is 0 Å². The Morgan fingerprint density at radius 2 is 2.19 bits per heavy atom. The van der Waals surface area contributed by atoms with Gasteiger partial charge in [0.25, 0.3) is 0 Å². The zero-order valence-corrected chi connectivity index (χ0v) is 13.2. The summed E-state index contributed by atoms with van der Waals surface area (Å²) in [6, 6.07) is 0. The van der Waals surface area contributed by atoms with Crippen LogP contribution < -0.4 is 0 Å². The van der Waals surface area contributed by atoms with Crippen LogP contribution in [0.2, 0.25) is 0 Å². The molecular weight excluding hydrogens is 288 g/mol. The van der Waals surface area contributed by atoms with Gasteiger partial charge in [0, 0.05) is 32.1 Å². The van der Waals surface area contributed by atoms with E-state index in [1.165, 1.54) is 6.08 Å². The van der Waals surface area contributed by atoms with E-state index in [1.807, 2.05) is 0 Å². The molecule has 1 aromatic heterocycles. The van der Waals surface area contributed by atoms with Gasteiger partial charge in [0.05, 0.1) is 28.8 Å². The highest BCUT2D eigenvalue weighted by Crippen LogP contribution is 2.22. The molecule has 116 valence electrons. The molecule has 1 saturated heterocycles. The Hall–Kier alpha value is -1.24. The Morgan fingerprint density at radius 3 is 2.86 bits per heavy atom. The molecule has 0 aromatic carbocycles. The lowest BCUT2D eigenvalue weighted by molar-refractivity contribution is -0.131. The van der Waals surface area contributed by atoms with Crippen LogP contribution >= 0.6 is 11.3 Å². The monoisotopic (exact) mass is 310 g/mol. The zero-order valence-electron chi connectivity index (χ0n) is 12.4. The Balaban J connectivity index is 1.98. The third kappa shape index (κ3) is 5.22. The lowest BCUT2D eigenvalue weighted by Crippen LogP contribution is -2.37. The number of aromatic nitrogens is 1. The molecule has 1 aliphatic heterocycles. The Morgan fingerprint density at radius 1 is 1.43 bits per heavy atom. The van der Waals surface area contributed by atoms with Crippen LogP contribution in [0, 0.1) is 0 Å². The van der Waals surface area contributed by atoms with E-state index in [4.69, 9.17) is 9.84 Å². The maximum absolute atomic E-state index is 10.7. The molecule has 0 amide bonds. The van der Waals surface area contributed by atoms with E-state index in [9.17, 15) is 4.79 Å². The zero-order chi connectivity index (χ0) is 15.1. The second-order valence-corrected chi connectivity index (χ2v) is 6.16. The summed E-state index contributed by atoms with van der Waals surface area (Å²) in [6.07, 6.45) is 5.69. The summed E-state index contributed by atoms with van der Waals surface area (Å²) >= 11 is 1.61. The fraction of sp³-hybridized carbons (Fsp3) is 0.600. The molecule has 0 spiro atoms. The van der Waals surface area contributed by atoms with E-state index >= 15 is 0 Å². The smallest absolute Gasteiger partial charge is 0.328 e. The average molecular weight is 310 g/mol. The van der Waals surface area contributed by atoms with Crippen LogP contribution in [-0.2, 0) is 22.4 Å². The number of nitrogens with zero attached hydrogens (tertiary/aromatic N) is 2. The van der Waals surface area contributed by atoms with E-state index < -0.39 is 5.97 Å². The molecule has 0 saturated carbocycles. The van der Waals surface area contributed by atoms with Crippen LogP contribution in [0.4, 0.5) is 0 Å². The van der Waals surface area contributed by atoms with Gasteiger partial charge in [-0.2, -0.15) is 0 Å². The summed E-state index contributed by atoms with van der Waals surface area (Å²) in [6.45, 7) is 6.69. The van der Waals surface area contributed by atoms with E-state index in [0.29, 0.717) is 0 Å². The first kappa shape index (κ1) is 16.1. The number of aryl methyl sites for hydroxylation is 1. The highest BCUT2D eigenvalue weighted by Gasteiger charge is 2.13. The molecule has 2 heterocycles. The van der Waals surface area contributed by atoms with Gasteiger partial charge < -0.3 is 9.84 Å². The van der Waals surface area contributed by atoms with Crippen molar-refractivity contribution in [2.75, 3.05) is 32.8 Å². The largest absolute Gasteiger partial charge is 0.478 e. The van der Waals surface area contributed by atoms with E-state index in [-0.39, 0.29) is 0 Å². The minimum Gasteiger partial charge on any atom is -0.478 e. The van der Waals surface area contributed by atoms with Crippen molar-refractivity contribution >= 4 is 23.4 Å². The molecule has 1 fully saturated rings. The number of carboxylic acids is 1. The van der Waals surface area contributed by atoms with E-state index in [0.717, 1.165) is 67.7 Å². The molecule has 6 heteroatoms. The first-order chi connectivity index (χ1) is 10.2. The molecular formula is C15H22N2O3S. The second-order valence-electron chi connectivity index (χ2n) is 5.04. The summed E-state index contributed by atoms with van der Waals surface area (Å²) in [5.41, 5.74) is 1.02. The predicted octanol–water partition coefficient (Wildman–Crippen LogP) is 2.07. The first-order valence-corrected chi connectivity index (χ1v) is 8.20. The molecule has 5 nitrogen and oxygen atoms in total. The van der Waals surface area contributed by atoms with Gasteiger partial charge in [-0.3, -0.25) is 4.90 Å². The molecule has 21 heavy (non-hydrogen) atoms. The minimum absolute atomic E-state index is 0.811. The van der Waals surface area contributed by atoms with Crippen molar-refractivity contribution in [3.8, 4) is 0 Å². The molecule has 0 radical (unpaired) electrons. The maximum Gasteiger partial charge on any atom is 0.328 e. The molecule has 0 bridgehead atoms. The van der Waals surface area contributed by atoms with Gasteiger partial charge >= 0.3 is 5.97 Å². The standard InChI is InChI=1S/C15H22N2O3S/c1-2-3-12-13(4-5-15(18)19)21-14(16-12)6-7-17-8-10-20-11-9-17/h4-5H,2-3,6-11H2,1H3,(H,18,19)/b5-4+. The first-order valence-electron chi connectivity index (χ1n) is 7.38. The number of carboxylic acid groups (broad SMARTS) is 1. The van der Waals surface area contributed by atoms with Crippen molar-refractivity contribution < 1.29 is 14.6 Å². The normalized spacial score (nSPS) is 16.6. The molecule has 0 atom stereocenters. The fourth-order valence-electron chi connectivity index (χ4n) is 2.29. The second kappa shape index (κ2) is 8.26. The van der Waals surface area contributed by atoms with Gasteiger partial charge in [0.15, 0.2) is 0 Å². The SMILES string of the molecule is CCCc1nc(CCN2CCOCC2)sc1/C=C/C(=O)O. The highest BCUT2D eigenvalue weighted by atomic mass is 32.1. The molecule has 0 aliphatic carbocycles. The van der Waals surface area contributed by atoms with Gasteiger partial charge in [-0.25, -0.2) is 9.78 Å². The van der Waals surface area contributed by atoms with Crippen molar-refractivity contribution in [2.45, 2.75) is 26.2 Å². The Kier molecular flexibility index (Phi) is 6.35. The quantitative estimate of drug-likeness (QED) is 0.781. The number of aliphatic carboxylic acids is 1. The van der Waals surface area contributed by atoms with Crippen LogP contribution in [0.15, 0.2) is 6.08 Å². The van der Waals surface area contributed by atoms with Gasteiger partial charge in [0.1, 0.15) is 0 Å².